The number of hydrogen-bond acceptors (Lipinski definition) is 7. The predicted molar refractivity (Wildman–Crippen MR) is 123 cm³/mol. The first-order valence-electron chi connectivity index (χ1n) is 12.3. The number of hydrogen-bond donors (Lipinski definition) is 0. The average Bonchev–Trinajstić information content (AvgIpc) is 2.75. The quantitative estimate of drug-likeness (QED) is 0.106. The van der Waals surface area contributed by atoms with Crippen LogP contribution in [0.2, 0.25) is 0 Å². The van der Waals surface area contributed by atoms with Crippen LogP contribution in [0.5, 0.6) is 0 Å². The first kappa shape index (κ1) is 30.1. The van der Waals surface area contributed by atoms with Crippen molar-refractivity contribution in [2.24, 2.45) is 5.41 Å². The van der Waals surface area contributed by atoms with Gasteiger partial charge in [-0.15, -0.1) is 0 Å². The Hall–Kier alpha value is -1.92. The van der Waals surface area contributed by atoms with Crippen LogP contribution in [0.4, 0.5) is 0 Å². The molecule has 0 heterocycles. The lowest BCUT2D eigenvalue weighted by Gasteiger charge is -2.27. The molecule has 1 atom stereocenters. The molecule has 0 spiro atoms. The summed E-state index contributed by atoms with van der Waals surface area (Å²) in [4.78, 5) is 50.4. The Kier molecular flexibility index (Phi) is 17.5. The summed E-state index contributed by atoms with van der Waals surface area (Å²) in [6, 6.07) is 0. The summed E-state index contributed by atoms with van der Waals surface area (Å²) in [5.41, 5.74) is -1.91. The van der Waals surface area contributed by atoms with Crippen LogP contribution in [-0.4, -0.2) is 43.5 Å². The first-order valence-corrected chi connectivity index (χ1v) is 12.3. The van der Waals surface area contributed by atoms with Crippen molar-refractivity contribution in [3.05, 3.63) is 0 Å². The summed E-state index contributed by atoms with van der Waals surface area (Å²) in [6.45, 7) is 7.96. The predicted octanol–water partition coefficient (Wildman–Crippen LogP) is 5.32. The number of carbonyl (C=O) groups excluding carboxylic acids is 4. The third-order valence-corrected chi connectivity index (χ3v) is 5.46. The maximum atomic E-state index is 12.9. The molecule has 0 bridgehead atoms. The lowest BCUT2D eigenvalue weighted by molar-refractivity contribution is -0.171. The topological polar surface area (TPSA) is 96.0 Å². The van der Waals surface area contributed by atoms with Gasteiger partial charge in [0.05, 0.1) is 32.7 Å². The van der Waals surface area contributed by atoms with E-state index in [0.29, 0.717) is 12.8 Å². The van der Waals surface area contributed by atoms with Crippen LogP contribution in [0.3, 0.4) is 0 Å². The van der Waals surface area contributed by atoms with Gasteiger partial charge in [0.15, 0.2) is 0 Å². The van der Waals surface area contributed by atoms with Gasteiger partial charge in [0.1, 0.15) is 11.2 Å². The molecule has 1 unspecified atom stereocenters. The van der Waals surface area contributed by atoms with Gasteiger partial charge < -0.3 is 14.2 Å². The Morgan fingerprint density at radius 1 is 0.562 bits per heavy atom. The standard InChI is InChI=1S/C25H44O7/c1-5-8-11-12-15-17-31-23(28)20-25(21(4)26,24(29)32-18-14-10-7-3)19-22(27)30-16-13-9-6-2/h5-20H2,1-4H3. The number of ketones is 1. The molecule has 0 aliphatic carbocycles. The highest BCUT2D eigenvalue weighted by molar-refractivity contribution is 6.07. The van der Waals surface area contributed by atoms with Crippen LogP contribution in [0.1, 0.15) is 111 Å². The van der Waals surface area contributed by atoms with Crippen molar-refractivity contribution in [1.82, 2.24) is 0 Å². The van der Waals surface area contributed by atoms with Gasteiger partial charge in [0.25, 0.3) is 0 Å². The monoisotopic (exact) mass is 456 g/mol. The molecule has 0 aromatic carbocycles. The fourth-order valence-corrected chi connectivity index (χ4v) is 3.28. The fourth-order valence-electron chi connectivity index (χ4n) is 3.28. The molecule has 186 valence electrons. The lowest BCUT2D eigenvalue weighted by Crippen LogP contribution is -2.44. The Labute approximate surface area is 193 Å². The fraction of sp³-hybridized carbons (Fsp3) is 0.840. The minimum absolute atomic E-state index is 0.139. The van der Waals surface area contributed by atoms with Crippen molar-refractivity contribution in [1.29, 1.82) is 0 Å². The van der Waals surface area contributed by atoms with Crippen molar-refractivity contribution in [2.45, 2.75) is 111 Å². The van der Waals surface area contributed by atoms with Gasteiger partial charge in [0.2, 0.25) is 0 Å². The van der Waals surface area contributed by atoms with Crippen molar-refractivity contribution in [3.8, 4) is 0 Å². The molecular weight excluding hydrogens is 412 g/mol. The molecular formula is C25H44O7. The van der Waals surface area contributed by atoms with Gasteiger partial charge in [-0.05, 0) is 26.2 Å². The van der Waals surface area contributed by atoms with Crippen LogP contribution in [0.15, 0.2) is 0 Å². The van der Waals surface area contributed by atoms with Crippen molar-refractivity contribution in [2.75, 3.05) is 19.8 Å². The molecule has 0 amide bonds. The van der Waals surface area contributed by atoms with E-state index >= 15 is 0 Å². The molecule has 0 aliphatic rings. The highest BCUT2D eigenvalue weighted by atomic mass is 16.5. The number of ether oxygens (including phenoxy) is 3. The van der Waals surface area contributed by atoms with Crippen LogP contribution in [0, 0.1) is 5.41 Å². The van der Waals surface area contributed by atoms with E-state index in [1.165, 1.54) is 6.92 Å². The SMILES string of the molecule is CCCCCCCOC(=O)CC(CC(=O)OCCCCC)(C(C)=O)C(=O)OCCCCC. The van der Waals surface area contributed by atoms with Crippen LogP contribution >= 0.6 is 0 Å². The van der Waals surface area contributed by atoms with Crippen LogP contribution < -0.4 is 0 Å². The normalized spacial score (nSPS) is 12.6. The van der Waals surface area contributed by atoms with E-state index < -0.39 is 41.9 Å². The van der Waals surface area contributed by atoms with Crippen molar-refractivity contribution >= 4 is 23.7 Å². The number of carbonyl (C=O) groups is 4. The van der Waals surface area contributed by atoms with Gasteiger partial charge in [-0.25, -0.2) is 0 Å². The van der Waals surface area contributed by atoms with Gasteiger partial charge in [-0.1, -0.05) is 72.1 Å². The van der Waals surface area contributed by atoms with Crippen molar-refractivity contribution in [3.63, 3.8) is 0 Å². The third kappa shape index (κ3) is 12.8. The van der Waals surface area contributed by atoms with Crippen molar-refractivity contribution < 1.29 is 33.4 Å². The molecule has 7 nitrogen and oxygen atoms in total. The molecule has 0 rings (SSSR count). The summed E-state index contributed by atoms with van der Waals surface area (Å²) in [7, 11) is 0. The van der Waals surface area contributed by atoms with E-state index in [4.69, 9.17) is 14.2 Å². The molecule has 0 saturated carbocycles. The van der Waals surface area contributed by atoms with Crippen LogP contribution in [-0.2, 0) is 33.4 Å². The summed E-state index contributed by atoms with van der Waals surface area (Å²) in [5.74, 6) is -2.82. The number of unbranched alkanes of at least 4 members (excludes halogenated alkanes) is 8. The maximum Gasteiger partial charge on any atom is 0.320 e. The first-order chi connectivity index (χ1) is 15.3. The van der Waals surface area contributed by atoms with Crippen LogP contribution in [0.25, 0.3) is 0 Å². The molecule has 0 aromatic heterocycles. The summed E-state index contributed by atoms with van der Waals surface area (Å²) < 4.78 is 15.8. The van der Waals surface area contributed by atoms with Gasteiger partial charge >= 0.3 is 17.9 Å². The maximum absolute atomic E-state index is 12.9. The van der Waals surface area contributed by atoms with E-state index in [2.05, 4.69) is 6.92 Å². The van der Waals surface area contributed by atoms with E-state index in [1.54, 1.807) is 0 Å². The molecule has 0 fully saturated rings. The summed E-state index contributed by atoms with van der Waals surface area (Å²) in [5, 5.41) is 0. The minimum Gasteiger partial charge on any atom is -0.466 e. The molecule has 32 heavy (non-hydrogen) atoms. The van der Waals surface area contributed by atoms with E-state index in [1.807, 2.05) is 13.8 Å². The zero-order valence-electron chi connectivity index (χ0n) is 20.7. The zero-order chi connectivity index (χ0) is 24.2. The van der Waals surface area contributed by atoms with Gasteiger partial charge in [0, 0.05) is 0 Å². The molecule has 0 saturated heterocycles. The van der Waals surface area contributed by atoms with Gasteiger partial charge in [-0.2, -0.15) is 0 Å². The van der Waals surface area contributed by atoms with E-state index in [0.717, 1.165) is 57.8 Å². The third-order valence-electron chi connectivity index (χ3n) is 5.46. The summed E-state index contributed by atoms with van der Waals surface area (Å²) in [6.07, 6.45) is 9.02. The van der Waals surface area contributed by atoms with Gasteiger partial charge in [-0.3, -0.25) is 19.2 Å². The average molecular weight is 457 g/mol. The molecule has 0 radical (unpaired) electrons. The largest absolute Gasteiger partial charge is 0.466 e. The smallest absolute Gasteiger partial charge is 0.320 e. The Morgan fingerprint density at radius 2 is 0.938 bits per heavy atom. The highest BCUT2D eigenvalue weighted by Crippen LogP contribution is 2.32. The minimum atomic E-state index is -1.91. The molecule has 7 heteroatoms. The summed E-state index contributed by atoms with van der Waals surface area (Å²) >= 11 is 0. The Bertz CT molecular complexity index is 558. The second-order valence-corrected chi connectivity index (χ2v) is 8.40. The molecule has 0 aromatic rings. The highest BCUT2D eigenvalue weighted by Gasteiger charge is 2.49. The zero-order valence-corrected chi connectivity index (χ0v) is 20.7. The molecule has 0 aliphatic heterocycles. The number of esters is 3. The Balaban J connectivity index is 5.13. The van der Waals surface area contributed by atoms with E-state index in [-0.39, 0.29) is 19.8 Å². The number of Topliss-reactive ketones (excluding diaryl/α,β-unsaturated/α-hetero) is 1. The second-order valence-electron chi connectivity index (χ2n) is 8.40. The Morgan fingerprint density at radius 3 is 1.38 bits per heavy atom. The van der Waals surface area contributed by atoms with E-state index in [9.17, 15) is 19.2 Å². The lowest BCUT2D eigenvalue weighted by atomic mass is 9.77. The second kappa shape index (κ2) is 18.6. The number of rotatable bonds is 20. The molecule has 0 N–H and O–H groups in total.